The van der Waals surface area contributed by atoms with Crippen molar-refractivity contribution >= 4 is 0 Å². The summed E-state index contributed by atoms with van der Waals surface area (Å²) >= 11 is 0. The molecule has 1 atom stereocenters. The summed E-state index contributed by atoms with van der Waals surface area (Å²) in [4.78, 5) is 0. The number of benzene rings is 1. The van der Waals surface area contributed by atoms with Gasteiger partial charge in [0.1, 0.15) is 6.10 Å². The third kappa shape index (κ3) is 4.01. The van der Waals surface area contributed by atoms with Crippen molar-refractivity contribution in [3.05, 3.63) is 34.9 Å². The summed E-state index contributed by atoms with van der Waals surface area (Å²) in [5.74, 6) is -11.4. The lowest BCUT2D eigenvalue weighted by Crippen LogP contribution is -2.37. The second-order valence-corrected chi connectivity index (χ2v) is 5.22. The molecular formula is C14H11F10O. The first-order valence-corrected chi connectivity index (χ1v) is 6.77. The molecule has 1 rings (SSSR count). The first-order chi connectivity index (χ1) is 11.1. The summed E-state index contributed by atoms with van der Waals surface area (Å²) < 4.78 is 128. The van der Waals surface area contributed by atoms with Gasteiger partial charge >= 0.3 is 24.2 Å². The highest BCUT2D eigenvalue weighted by atomic mass is 19.4. The van der Waals surface area contributed by atoms with Gasteiger partial charge in [0.2, 0.25) is 0 Å². The maximum absolute atomic E-state index is 13.6. The van der Waals surface area contributed by atoms with Crippen molar-refractivity contribution in [3.63, 3.8) is 0 Å². The summed E-state index contributed by atoms with van der Waals surface area (Å²) in [6.45, 7) is 1.42. The molecule has 0 amide bonds. The third-order valence-corrected chi connectivity index (χ3v) is 3.36. The van der Waals surface area contributed by atoms with Crippen LogP contribution in [0.1, 0.15) is 42.6 Å². The Labute approximate surface area is 135 Å². The highest BCUT2D eigenvalue weighted by Crippen LogP contribution is 2.50. The molecule has 1 aromatic carbocycles. The van der Waals surface area contributed by atoms with E-state index in [-0.39, 0.29) is 18.6 Å². The van der Waals surface area contributed by atoms with Crippen LogP contribution in [0.2, 0.25) is 0 Å². The van der Waals surface area contributed by atoms with E-state index >= 15 is 0 Å². The van der Waals surface area contributed by atoms with Crippen molar-refractivity contribution in [3.8, 4) is 0 Å². The fourth-order valence-corrected chi connectivity index (χ4v) is 2.04. The molecular weight excluding hydrogens is 374 g/mol. The first-order valence-electron chi connectivity index (χ1n) is 6.77. The molecule has 1 aromatic rings. The first kappa shape index (κ1) is 21.5. The Balaban J connectivity index is 3.66. The van der Waals surface area contributed by atoms with Crippen molar-refractivity contribution in [2.24, 2.45) is 0 Å². The van der Waals surface area contributed by atoms with E-state index < -0.39 is 59.5 Å². The number of rotatable bonds is 5. The van der Waals surface area contributed by atoms with E-state index in [1.807, 2.05) is 0 Å². The SMILES string of the molecule is CCCC([O])c1ccc(C(F)(F)C(F)(F)F)cc1C(F)(F)C(F)(F)F. The molecule has 0 saturated heterocycles. The quantitative estimate of drug-likeness (QED) is 0.533. The maximum atomic E-state index is 13.6. The molecule has 0 N–H and O–H groups in total. The van der Waals surface area contributed by atoms with Gasteiger partial charge in [-0.15, -0.1) is 0 Å². The van der Waals surface area contributed by atoms with Crippen molar-refractivity contribution < 1.29 is 49.0 Å². The van der Waals surface area contributed by atoms with Gasteiger partial charge in [-0.05, 0) is 18.1 Å². The molecule has 1 radical (unpaired) electrons. The van der Waals surface area contributed by atoms with Crippen LogP contribution < -0.4 is 0 Å². The van der Waals surface area contributed by atoms with Gasteiger partial charge in [-0.25, -0.2) is 5.11 Å². The highest BCUT2D eigenvalue weighted by molar-refractivity contribution is 5.39. The van der Waals surface area contributed by atoms with E-state index in [0.29, 0.717) is 0 Å². The van der Waals surface area contributed by atoms with Crippen LogP contribution in [0.3, 0.4) is 0 Å². The van der Waals surface area contributed by atoms with Crippen LogP contribution in [-0.4, -0.2) is 12.4 Å². The van der Waals surface area contributed by atoms with Crippen LogP contribution in [0.4, 0.5) is 43.9 Å². The molecule has 0 fully saturated rings. The zero-order chi connectivity index (χ0) is 19.8. The number of alkyl halides is 10. The number of hydrogen-bond donors (Lipinski definition) is 0. The normalized spacial score (nSPS) is 15.4. The van der Waals surface area contributed by atoms with Crippen molar-refractivity contribution in [2.45, 2.75) is 50.1 Å². The topological polar surface area (TPSA) is 19.9 Å². The molecule has 0 aliphatic rings. The number of hydrogen-bond acceptors (Lipinski definition) is 0. The summed E-state index contributed by atoms with van der Waals surface area (Å²) in [5.41, 5.74) is -5.48. The zero-order valence-corrected chi connectivity index (χ0v) is 12.4. The second kappa shape index (κ2) is 6.65. The van der Waals surface area contributed by atoms with Gasteiger partial charge in [-0.3, -0.25) is 0 Å². The lowest BCUT2D eigenvalue weighted by Gasteiger charge is -2.26. The lowest BCUT2D eigenvalue weighted by molar-refractivity contribution is -0.292. The molecule has 1 unspecified atom stereocenters. The number of halogens is 10. The minimum absolute atomic E-state index is 0.0271. The van der Waals surface area contributed by atoms with Gasteiger partial charge in [-0.2, -0.15) is 43.9 Å². The van der Waals surface area contributed by atoms with E-state index in [2.05, 4.69) is 0 Å². The van der Waals surface area contributed by atoms with Gasteiger partial charge in [0.15, 0.2) is 0 Å². The second-order valence-electron chi connectivity index (χ2n) is 5.22. The fourth-order valence-electron chi connectivity index (χ4n) is 2.04. The van der Waals surface area contributed by atoms with Gasteiger partial charge in [-0.1, -0.05) is 25.5 Å². The third-order valence-electron chi connectivity index (χ3n) is 3.36. The van der Waals surface area contributed by atoms with Crippen LogP contribution in [0.5, 0.6) is 0 Å². The molecule has 0 bridgehead atoms. The van der Waals surface area contributed by atoms with E-state index in [4.69, 9.17) is 0 Å². The van der Waals surface area contributed by atoms with Crippen LogP contribution in [-0.2, 0) is 17.0 Å². The predicted octanol–water partition coefficient (Wildman–Crippen LogP) is 6.27. The van der Waals surface area contributed by atoms with Gasteiger partial charge in [0.05, 0.1) is 0 Å². The van der Waals surface area contributed by atoms with E-state index in [1.54, 1.807) is 0 Å². The molecule has 25 heavy (non-hydrogen) atoms. The zero-order valence-electron chi connectivity index (χ0n) is 12.4. The standard InChI is InChI=1S/C14H11F10O/c1-2-3-10(25)8-5-4-7(11(15,16)13(19,20)21)6-9(8)12(17,18)14(22,23)24/h4-6,10H,2-3H2,1H3. The van der Waals surface area contributed by atoms with E-state index in [9.17, 15) is 49.0 Å². The summed E-state index contributed by atoms with van der Waals surface area (Å²) in [7, 11) is 0. The molecule has 0 aromatic heterocycles. The van der Waals surface area contributed by atoms with Crippen LogP contribution in [0, 0.1) is 0 Å². The van der Waals surface area contributed by atoms with Crippen molar-refractivity contribution in [2.75, 3.05) is 0 Å². The summed E-state index contributed by atoms with van der Waals surface area (Å²) in [6.07, 6.45) is -15.0. The van der Waals surface area contributed by atoms with Crippen LogP contribution in [0.15, 0.2) is 18.2 Å². The van der Waals surface area contributed by atoms with Crippen LogP contribution >= 0.6 is 0 Å². The molecule has 0 heterocycles. The maximum Gasteiger partial charge on any atom is 0.458 e. The Morgan fingerprint density at radius 1 is 0.840 bits per heavy atom. The van der Waals surface area contributed by atoms with Crippen molar-refractivity contribution in [1.29, 1.82) is 0 Å². The molecule has 11 heteroatoms. The minimum Gasteiger partial charge on any atom is -0.228 e. The Kier molecular flexibility index (Phi) is 5.73. The minimum atomic E-state index is -6.28. The van der Waals surface area contributed by atoms with E-state index in [0.717, 1.165) is 0 Å². The lowest BCUT2D eigenvalue weighted by atomic mass is 9.91. The Morgan fingerprint density at radius 3 is 1.72 bits per heavy atom. The predicted molar refractivity (Wildman–Crippen MR) is 64.7 cm³/mol. The average Bonchev–Trinajstić information content (AvgIpc) is 2.44. The molecule has 0 aliphatic heterocycles. The monoisotopic (exact) mass is 385 g/mol. The van der Waals surface area contributed by atoms with Gasteiger partial charge in [0.25, 0.3) is 0 Å². The largest absolute Gasteiger partial charge is 0.458 e. The molecule has 0 saturated carbocycles. The van der Waals surface area contributed by atoms with E-state index in [1.165, 1.54) is 6.92 Å². The van der Waals surface area contributed by atoms with Crippen LogP contribution in [0.25, 0.3) is 0 Å². The molecule has 1 nitrogen and oxygen atoms in total. The summed E-state index contributed by atoms with van der Waals surface area (Å²) in [6, 6.07) is -0.409. The fraction of sp³-hybridized carbons (Fsp3) is 0.571. The average molecular weight is 385 g/mol. The van der Waals surface area contributed by atoms with Gasteiger partial charge in [0, 0.05) is 11.1 Å². The van der Waals surface area contributed by atoms with Crippen molar-refractivity contribution in [1.82, 2.24) is 0 Å². The smallest absolute Gasteiger partial charge is 0.228 e. The molecule has 0 spiro atoms. The Hall–Kier alpha value is -1.52. The highest BCUT2D eigenvalue weighted by Gasteiger charge is 2.62. The summed E-state index contributed by atoms with van der Waals surface area (Å²) in [5, 5.41) is 11.8. The molecule has 0 aliphatic carbocycles. The molecule has 143 valence electrons. The van der Waals surface area contributed by atoms with Gasteiger partial charge < -0.3 is 0 Å². The Bertz CT molecular complexity index is 603. The Morgan fingerprint density at radius 2 is 1.32 bits per heavy atom.